The number of hydrogen-bond donors (Lipinski definition) is 0. The molecule has 5 nitrogen and oxygen atoms in total. The van der Waals surface area contributed by atoms with Crippen LogP contribution >= 0.6 is 0 Å². The molecule has 22 heavy (non-hydrogen) atoms. The summed E-state index contributed by atoms with van der Waals surface area (Å²) in [7, 11) is -3.83. The summed E-state index contributed by atoms with van der Waals surface area (Å²) in [4.78, 5) is 0.103. The predicted octanol–water partition coefficient (Wildman–Crippen LogP) is 2.05. The highest BCUT2D eigenvalue weighted by atomic mass is 32.2. The highest BCUT2D eigenvalue weighted by Gasteiger charge is 2.35. The Bertz CT molecular complexity index is 621. The van der Waals surface area contributed by atoms with E-state index in [1.54, 1.807) is 19.1 Å². The lowest BCUT2D eigenvalue weighted by molar-refractivity contribution is -0.0862. The molecule has 1 aromatic carbocycles. The number of alkyl halides is 2. The Hall–Kier alpha value is -1.25. The van der Waals surface area contributed by atoms with Crippen LogP contribution in [0.2, 0.25) is 0 Å². The zero-order chi connectivity index (χ0) is 16.3. The van der Waals surface area contributed by atoms with E-state index >= 15 is 0 Å². The van der Waals surface area contributed by atoms with Gasteiger partial charge in [-0.1, -0.05) is 0 Å². The van der Waals surface area contributed by atoms with Gasteiger partial charge in [-0.25, -0.2) is 17.2 Å². The molecular formula is C14H19F2NO4S. The summed E-state index contributed by atoms with van der Waals surface area (Å²) in [6.45, 7) is 3.65. The van der Waals surface area contributed by atoms with E-state index < -0.39 is 22.6 Å². The first-order valence-electron chi connectivity index (χ1n) is 6.99. The van der Waals surface area contributed by atoms with Gasteiger partial charge in [0, 0.05) is 13.1 Å². The minimum atomic E-state index is -3.83. The lowest BCUT2D eigenvalue weighted by atomic mass is 10.2. The molecule has 0 bridgehead atoms. The fraction of sp³-hybridized carbons (Fsp3) is 0.571. The summed E-state index contributed by atoms with van der Waals surface area (Å²) in [5, 5.41) is 0. The van der Waals surface area contributed by atoms with Crippen LogP contribution < -0.4 is 4.74 Å². The number of aryl methyl sites for hydroxylation is 1. The molecule has 8 heteroatoms. The molecule has 0 aromatic heterocycles. The minimum absolute atomic E-state index is 0.0374. The topological polar surface area (TPSA) is 55.8 Å². The van der Waals surface area contributed by atoms with Crippen molar-refractivity contribution in [2.24, 2.45) is 0 Å². The van der Waals surface area contributed by atoms with E-state index in [0.29, 0.717) is 17.9 Å². The standard InChI is InChI=1S/C14H19F2NO4S/c1-3-20-11-4-5-13(10(2)8-11)22(18,19)17-6-7-21-12(9-17)14(15)16/h4-5,8,12,14H,3,6-7,9H2,1-2H3. The first-order valence-corrected chi connectivity index (χ1v) is 8.43. The lowest BCUT2D eigenvalue weighted by Crippen LogP contribution is -2.48. The molecule has 1 aliphatic rings. The van der Waals surface area contributed by atoms with Crippen LogP contribution in [-0.4, -0.2) is 51.6 Å². The van der Waals surface area contributed by atoms with Crippen LogP contribution in [0.5, 0.6) is 5.75 Å². The predicted molar refractivity (Wildman–Crippen MR) is 76.9 cm³/mol. The Morgan fingerprint density at radius 2 is 2.18 bits per heavy atom. The number of morpholine rings is 1. The Morgan fingerprint density at radius 1 is 1.45 bits per heavy atom. The average molecular weight is 335 g/mol. The van der Waals surface area contributed by atoms with Crippen molar-refractivity contribution in [3.05, 3.63) is 23.8 Å². The molecule has 1 heterocycles. The van der Waals surface area contributed by atoms with Crippen molar-refractivity contribution in [1.82, 2.24) is 4.31 Å². The van der Waals surface area contributed by atoms with E-state index in [1.165, 1.54) is 6.07 Å². The van der Waals surface area contributed by atoms with Gasteiger partial charge in [-0.3, -0.25) is 0 Å². The Morgan fingerprint density at radius 3 is 2.77 bits per heavy atom. The second-order valence-electron chi connectivity index (χ2n) is 4.97. The van der Waals surface area contributed by atoms with Gasteiger partial charge in [0.25, 0.3) is 6.43 Å². The number of benzene rings is 1. The first-order chi connectivity index (χ1) is 10.4. The molecule has 0 radical (unpaired) electrons. The summed E-state index contributed by atoms with van der Waals surface area (Å²) >= 11 is 0. The molecule has 0 N–H and O–H groups in total. The minimum Gasteiger partial charge on any atom is -0.494 e. The molecule has 2 rings (SSSR count). The van der Waals surface area contributed by atoms with Crippen LogP contribution in [0.15, 0.2) is 23.1 Å². The van der Waals surface area contributed by atoms with Crippen molar-refractivity contribution in [2.75, 3.05) is 26.3 Å². The summed E-state index contributed by atoms with van der Waals surface area (Å²) in [6.07, 6.45) is -4.09. The second-order valence-corrected chi connectivity index (χ2v) is 6.87. The number of ether oxygens (including phenoxy) is 2. The van der Waals surface area contributed by atoms with Crippen molar-refractivity contribution in [2.45, 2.75) is 31.3 Å². The van der Waals surface area contributed by atoms with E-state index in [4.69, 9.17) is 9.47 Å². The molecule has 1 aromatic rings. The summed E-state index contributed by atoms with van der Waals surface area (Å²) in [5.74, 6) is 0.575. The Kier molecular flexibility index (Phi) is 5.36. The Labute approximate surface area is 128 Å². The van der Waals surface area contributed by atoms with Gasteiger partial charge >= 0.3 is 0 Å². The number of hydrogen-bond acceptors (Lipinski definition) is 4. The van der Waals surface area contributed by atoms with E-state index in [1.807, 2.05) is 6.92 Å². The van der Waals surface area contributed by atoms with Crippen molar-refractivity contribution in [1.29, 1.82) is 0 Å². The summed E-state index contributed by atoms with van der Waals surface area (Å²) in [6, 6.07) is 4.64. The van der Waals surface area contributed by atoms with E-state index in [-0.39, 0.29) is 24.6 Å². The van der Waals surface area contributed by atoms with Gasteiger partial charge in [-0.2, -0.15) is 4.31 Å². The monoisotopic (exact) mass is 335 g/mol. The zero-order valence-electron chi connectivity index (χ0n) is 12.5. The summed E-state index contributed by atoms with van der Waals surface area (Å²) < 4.78 is 62.0. The maximum atomic E-state index is 12.7. The first kappa shape index (κ1) is 17.1. The average Bonchev–Trinajstić information content (AvgIpc) is 2.47. The third kappa shape index (κ3) is 3.56. The molecule has 1 saturated heterocycles. The largest absolute Gasteiger partial charge is 0.494 e. The molecule has 0 amide bonds. The molecule has 1 unspecified atom stereocenters. The van der Waals surface area contributed by atoms with Gasteiger partial charge in [0.15, 0.2) is 0 Å². The van der Waals surface area contributed by atoms with E-state index in [2.05, 4.69) is 0 Å². The van der Waals surface area contributed by atoms with E-state index in [9.17, 15) is 17.2 Å². The smallest absolute Gasteiger partial charge is 0.265 e. The molecule has 0 spiro atoms. The van der Waals surface area contributed by atoms with Gasteiger partial charge in [-0.15, -0.1) is 0 Å². The van der Waals surface area contributed by atoms with Gasteiger partial charge in [0.05, 0.1) is 18.1 Å². The maximum absolute atomic E-state index is 12.7. The molecule has 1 fully saturated rings. The van der Waals surface area contributed by atoms with Crippen molar-refractivity contribution < 1.29 is 26.7 Å². The maximum Gasteiger partial charge on any atom is 0.265 e. The van der Waals surface area contributed by atoms with Crippen LogP contribution in [0.25, 0.3) is 0 Å². The fourth-order valence-corrected chi connectivity index (χ4v) is 3.97. The van der Waals surface area contributed by atoms with Crippen molar-refractivity contribution >= 4 is 10.0 Å². The third-order valence-electron chi connectivity index (χ3n) is 3.41. The lowest BCUT2D eigenvalue weighted by Gasteiger charge is -2.32. The van der Waals surface area contributed by atoms with Crippen molar-refractivity contribution in [3.63, 3.8) is 0 Å². The zero-order valence-corrected chi connectivity index (χ0v) is 13.3. The summed E-state index contributed by atoms with van der Waals surface area (Å²) in [5.41, 5.74) is 0.519. The van der Waals surface area contributed by atoms with Crippen LogP contribution in [0.1, 0.15) is 12.5 Å². The van der Waals surface area contributed by atoms with Crippen molar-refractivity contribution in [3.8, 4) is 5.75 Å². The molecule has 1 atom stereocenters. The van der Waals surface area contributed by atoms with Gasteiger partial charge in [-0.05, 0) is 37.6 Å². The number of nitrogens with zero attached hydrogens (tertiary/aromatic N) is 1. The molecule has 1 aliphatic heterocycles. The molecular weight excluding hydrogens is 316 g/mol. The van der Waals surface area contributed by atoms with Gasteiger partial charge in [0.1, 0.15) is 11.9 Å². The number of sulfonamides is 1. The SMILES string of the molecule is CCOc1ccc(S(=O)(=O)N2CCOC(C(F)F)C2)c(C)c1. The second kappa shape index (κ2) is 6.89. The fourth-order valence-electron chi connectivity index (χ4n) is 2.33. The normalized spacial score (nSPS) is 20.3. The quantitative estimate of drug-likeness (QED) is 0.826. The van der Waals surface area contributed by atoms with Gasteiger partial charge < -0.3 is 9.47 Å². The third-order valence-corrected chi connectivity index (χ3v) is 5.44. The number of halogens is 2. The highest BCUT2D eigenvalue weighted by Crippen LogP contribution is 2.26. The van der Waals surface area contributed by atoms with Gasteiger partial charge in [0.2, 0.25) is 10.0 Å². The molecule has 0 aliphatic carbocycles. The molecule has 124 valence electrons. The highest BCUT2D eigenvalue weighted by molar-refractivity contribution is 7.89. The van der Waals surface area contributed by atoms with Crippen LogP contribution in [0.4, 0.5) is 8.78 Å². The molecule has 0 saturated carbocycles. The van der Waals surface area contributed by atoms with E-state index in [0.717, 1.165) is 4.31 Å². The van der Waals surface area contributed by atoms with Crippen LogP contribution in [-0.2, 0) is 14.8 Å². The Balaban J connectivity index is 2.26. The van der Waals surface area contributed by atoms with Crippen LogP contribution in [0, 0.1) is 6.92 Å². The van der Waals surface area contributed by atoms with Crippen LogP contribution in [0.3, 0.4) is 0 Å². The number of rotatable bonds is 5.